The molecular formula is C30H25F2N11O18S6. The molecule has 0 fully saturated rings. The lowest BCUT2D eigenvalue weighted by Crippen LogP contribution is -2.16. The predicted octanol–water partition coefficient (Wildman–Crippen LogP) is 4.49. The van der Waals surface area contributed by atoms with Crippen molar-refractivity contribution in [1.82, 2.24) is 9.97 Å². The molecule has 0 aliphatic rings. The molecule has 37 heteroatoms. The zero-order valence-corrected chi connectivity index (χ0v) is 37.1. The summed E-state index contributed by atoms with van der Waals surface area (Å²) in [5.74, 6) is -2.95. The van der Waals surface area contributed by atoms with Crippen LogP contribution in [0.15, 0.2) is 122 Å². The number of halogens is 2. The fourth-order valence-corrected chi connectivity index (χ4v) is 9.00. The molecule has 67 heavy (non-hydrogen) atoms. The second-order valence-electron chi connectivity index (χ2n) is 12.6. The Kier molecular flexibility index (Phi) is 14.6. The Morgan fingerprint density at radius 1 is 0.537 bits per heavy atom. The molecule has 0 unspecified atom stereocenters. The number of hydrogen-bond acceptors (Lipinski definition) is 24. The van der Waals surface area contributed by atoms with Crippen molar-refractivity contribution in [2.45, 2.75) is 24.5 Å². The summed E-state index contributed by atoms with van der Waals surface area (Å²) < 4.78 is 224. The topological polar surface area (TPSA) is 479 Å². The van der Waals surface area contributed by atoms with E-state index < -0.39 is 161 Å². The van der Waals surface area contributed by atoms with E-state index in [1.54, 1.807) is 0 Å². The van der Waals surface area contributed by atoms with E-state index in [-0.39, 0.29) is 5.69 Å². The number of benzene rings is 4. The van der Waals surface area contributed by atoms with Crippen molar-refractivity contribution < 1.29 is 86.2 Å². The molecule has 29 nitrogen and oxygen atoms in total. The van der Waals surface area contributed by atoms with Gasteiger partial charge in [0.15, 0.2) is 9.84 Å². The van der Waals surface area contributed by atoms with E-state index in [1.807, 2.05) is 0 Å². The number of nitrogen functional groups attached to an aromatic ring is 2. The van der Waals surface area contributed by atoms with Crippen LogP contribution in [0.25, 0.3) is 0 Å². The Hall–Kier alpha value is -6.52. The molecule has 10 N–H and O–H groups in total. The molecule has 4 aromatic carbocycles. The standard InChI is InChI=1S/C30H25F2N11O18S6/c31-25-13-26(37-30(32)36-25)35-14-1-5-22(64(49,50)51)18(9-14)39-41-20-12-21(42-40-19-10-16(63(46,47)48)3-6-23(19)65(52,53)54)28(34)29(27(20)33)43-38-17-4-2-15(11-24(17)66(55,56)57)62(44,45)8-7-61-67(58,59)60/h1-6,9-13H,7-8,33-34H2,(H,35,36,37)(H,46,47,48)(H,49,50,51)(H,52,53,54)(H,55,56,57)(H,58,59,60). The Morgan fingerprint density at radius 2 is 1.04 bits per heavy atom. The number of azo groups is 3. The average Bonchev–Trinajstić information content (AvgIpc) is 3.17. The van der Waals surface area contributed by atoms with Crippen LogP contribution >= 0.6 is 0 Å². The first-order valence-corrected chi connectivity index (χ1v) is 25.6. The third-order valence-corrected chi connectivity index (χ3v) is 13.6. The molecule has 0 saturated carbocycles. The van der Waals surface area contributed by atoms with E-state index in [0.717, 1.165) is 24.3 Å². The first-order chi connectivity index (χ1) is 30.7. The van der Waals surface area contributed by atoms with Crippen LogP contribution in [0.3, 0.4) is 0 Å². The molecule has 0 radical (unpaired) electrons. The highest BCUT2D eigenvalue weighted by molar-refractivity contribution is 7.91. The molecule has 1 aromatic heterocycles. The average molecular weight is 1060 g/mol. The minimum absolute atomic E-state index is 0.185. The van der Waals surface area contributed by atoms with Crippen molar-refractivity contribution in [1.29, 1.82) is 0 Å². The molecule has 5 aromatic rings. The van der Waals surface area contributed by atoms with Gasteiger partial charge in [0.1, 0.15) is 54.6 Å². The molecule has 0 spiro atoms. The summed E-state index contributed by atoms with van der Waals surface area (Å²) >= 11 is 0. The van der Waals surface area contributed by atoms with Crippen LogP contribution in [0.5, 0.6) is 0 Å². The van der Waals surface area contributed by atoms with Gasteiger partial charge in [-0.15, -0.1) is 30.7 Å². The molecule has 0 bridgehead atoms. The van der Waals surface area contributed by atoms with Crippen LogP contribution in [-0.2, 0) is 64.9 Å². The van der Waals surface area contributed by atoms with Crippen LogP contribution in [0.2, 0.25) is 0 Å². The van der Waals surface area contributed by atoms with Crippen molar-refractivity contribution in [2.24, 2.45) is 30.7 Å². The van der Waals surface area contributed by atoms with E-state index in [9.17, 15) is 77.5 Å². The van der Waals surface area contributed by atoms with E-state index in [2.05, 4.69) is 50.2 Å². The number of aromatic nitrogens is 2. The summed E-state index contributed by atoms with van der Waals surface area (Å²) in [5.41, 5.74) is 6.16. The van der Waals surface area contributed by atoms with Crippen LogP contribution in [-0.4, -0.2) is 95.6 Å². The lowest BCUT2D eigenvalue weighted by Gasteiger charge is -2.11. The van der Waals surface area contributed by atoms with Crippen molar-refractivity contribution in [3.63, 3.8) is 0 Å². The van der Waals surface area contributed by atoms with Gasteiger partial charge in [-0.1, -0.05) is 0 Å². The Balaban J connectivity index is 1.72. The Morgan fingerprint density at radius 3 is 1.57 bits per heavy atom. The zero-order chi connectivity index (χ0) is 50.1. The third-order valence-electron chi connectivity index (χ3n) is 7.96. The molecule has 0 saturated heterocycles. The van der Waals surface area contributed by atoms with Crippen molar-refractivity contribution in [3.05, 3.63) is 78.8 Å². The van der Waals surface area contributed by atoms with E-state index in [0.29, 0.717) is 42.5 Å². The third kappa shape index (κ3) is 13.3. The fourth-order valence-electron chi connectivity index (χ4n) is 5.06. The van der Waals surface area contributed by atoms with Crippen LogP contribution in [0.4, 0.5) is 65.8 Å². The zero-order valence-electron chi connectivity index (χ0n) is 32.2. The first-order valence-electron chi connectivity index (χ1n) is 16.8. The Labute approximate surface area is 375 Å². The first kappa shape index (κ1) is 51.5. The van der Waals surface area contributed by atoms with Gasteiger partial charge in [-0.25, -0.2) is 12.6 Å². The number of hydrogen-bond donors (Lipinski definition) is 8. The second kappa shape index (κ2) is 19.0. The van der Waals surface area contributed by atoms with Gasteiger partial charge in [-0.2, -0.15) is 60.8 Å². The van der Waals surface area contributed by atoms with Gasteiger partial charge in [0, 0.05) is 11.8 Å². The van der Waals surface area contributed by atoms with E-state index in [1.165, 1.54) is 0 Å². The SMILES string of the molecule is Nc1c(N=Nc2cc(Nc3cc(F)nc(F)n3)ccc2S(=O)(=O)O)cc(N=Nc2cc(S(=O)(=O)O)ccc2S(=O)(=O)O)c(N)c1N=Nc1ccc(S(=O)(=O)CCOS(=O)(=O)O)cc1S(=O)(=O)O. The normalized spacial score (nSPS) is 13.2. The maximum absolute atomic E-state index is 13.7. The molecule has 0 aliphatic heterocycles. The van der Waals surface area contributed by atoms with Gasteiger partial charge in [0.25, 0.3) is 40.5 Å². The predicted molar refractivity (Wildman–Crippen MR) is 221 cm³/mol. The van der Waals surface area contributed by atoms with Gasteiger partial charge in [0.05, 0.1) is 33.5 Å². The molecular weight excluding hydrogens is 1030 g/mol. The fraction of sp³-hybridized carbons (Fsp3) is 0.0667. The quantitative estimate of drug-likeness (QED) is 0.0209. The summed E-state index contributed by atoms with van der Waals surface area (Å²) in [6.07, 6.45) is -1.50. The van der Waals surface area contributed by atoms with Gasteiger partial charge < -0.3 is 16.8 Å². The summed E-state index contributed by atoms with van der Waals surface area (Å²) in [6.45, 7) is -1.14. The number of anilines is 4. The number of nitrogens with two attached hydrogens (primary N) is 2. The van der Waals surface area contributed by atoms with Crippen LogP contribution in [0.1, 0.15) is 0 Å². The maximum atomic E-state index is 13.7. The van der Waals surface area contributed by atoms with Gasteiger partial charge in [0.2, 0.25) is 5.95 Å². The van der Waals surface area contributed by atoms with Gasteiger partial charge in [-0.05, 0) is 60.7 Å². The van der Waals surface area contributed by atoms with Gasteiger partial charge >= 0.3 is 16.5 Å². The maximum Gasteiger partial charge on any atom is 0.397 e. The highest BCUT2D eigenvalue weighted by atomic mass is 32.3. The largest absolute Gasteiger partial charge is 0.397 e. The molecule has 358 valence electrons. The molecule has 5 rings (SSSR count). The summed E-state index contributed by atoms with van der Waals surface area (Å²) in [6, 6.07) is 7.32. The minimum atomic E-state index is -5.42. The summed E-state index contributed by atoms with van der Waals surface area (Å²) in [7, 11) is -30.5. The van der Waals surface area contributed by atoms with E-state index in [4.69, 9.17) is 16.0 Å². The summed E-state index contributed by atoms with van der Waals surface area (Å²) in [5, 5.41) is 24.7. The second-order valence-corrected chi connectivity index (χ2v) is 21.4. The van der Waals surface area contributed by atoms with Crippen molar-refractivity contribution in [3.8, 4) is 0 Å². The van der Waals surface area contributed by atoms with Crippen molar-refractivity contribution >= 4 is 118 Å². The molecule has 0 aliphatic carbocycles. The number of nitrogens with one attached hydrogen (secondary N) is 1. The Bertz CT molecular complexity index is 3620. The van der Waals surface area contributed by atoms with E-state index >= 15 is 0 Å². The molecule has 0 amide bonds. The molecule has 0 atom stereocenters. The number of rotatable bonds is 17. The number of nitrogens with zero attached hydrogens (tertiary/aromatic N) is 8. The lowest BCUT2D eigenvalue weighted by molar-refractivity contribution is 0.284. The number of sulfone groups is 1. The minimum Gasteiger partial charge on any atom is -0.395 e. The van der Waals surface area contributed by atoms with Crippen molar-refractivity contribution in [2.75, 3.05) is 29.1 Å². The highest BCUT2D eigenvalue weighted by Crippen LogP contribution is 2.46. The van der Waals surface area contributed by atoms with Gasteiger partial charge in [-0.3, -0.25) is 22.8 Å². The monoisotopic (exact) mass is 1060 g/mol. The van der Waals surface area contributed by atoms with Crippen LogP contribution < -0.4 is 16.8 Å². The lowest BCUT2D eigenvalue weighted by atomic mass is 10.2. The highest BCUT2D eigenvalue weighted by Gasteiger charge is 2.25. The summed E-state index contributed by atoms with van der Waals surface area (Å²) in [4.78, 5) is 1.06. The van der Waals surface area contributed by atoms with Crippen LogP contribution in [0, 0.1) is 12.0 Å². The smallest absolute Gasteiger partial charge is 0.395 e. The molecule has 1 heterocycles.